The largest absolute Gasteiger partial charge is 0.502 e. The highest BCUT2D eigenvalue weighted by Gasteiger charge is 2.20. The van der Waals surface area contributed by atoms with Crippen LogP contribution in [0.3, 0.4) is 0 Å². The maximum absolute atomic E-state index is 10.6. The molecule has 0 aromatic rings. The van der Waals surface area contributed by atoms with Crippen LogP contribution in [0.1, 0.15) is 0 Å². The van der Waals surface area contributed by atoms with Crippen LogP contribution in [0.25, 0.3) is 0 Å². The first kappa shape index (κ1) is 8.32. The molecule has 12 heavy (non-hydrogen) atoms. The van der Waals surface area contributed by atoms with Crippen molar-refractivity contribution in [3.63, 3.8) is 0 Å². The van der Waals surface area contributed by atoms with Gasteiger partial charge in [0, 0.05) is 6.08 Å². The molecule has 1 rings (SSSR count). The summed E-state index contributed by atoms with van der Waals surface area (Å²) in [5, 5.41) is 8.75. The monoisotopic (exact) mass is 170 g/mol. The third-order valence-corrected chi connectivity index (χ3v) is 1.16. The number of aliphatic hydroxyl groups excluding tert-OH is 1. The number of hydrogen-bond acceptors (Lipinski definition) is 5. The molecule has 0 aromatic heterocycles. The molecular formula is C7H6O5. The minimum absolute atomic E-state index is 0.0237. The molecule has 5 heteroatoms. The molecule has 0 bridgehead atoms. The molecular weight excluding hydrogens is 164 g/mol. The van der Waals surface area contributed by atoms with Gasteiger partial charge in [-0.3, -0.25) is 0 Å². The van der Waals surface area contributed by atoms with Gasteiger partial charge in [0.25, 0.3) is 0 Å². The highest BCUT2D eigenvalue weighted by molar-refractivity contribution is 5.92. The van der Waals surface area contributed by atoms with Gasteiger partial charge < -0.3 is 14.6 Å². The predicted octanol–water partition coefficient (Wildman–Crippen LogP) is 0.0420. The zero-order chi connectivity index (χ0) is 9.14. The lowest BCUT2D eigenvalue weighted by Crippen LogP contribution is -1.99. The second-order valence-corrected chi connectivity index (χ2v) is 1.99. The standard InChI is InChI=1S/C7H6O5/c1-11-6(9)3-4-2-5(8)7(10)12-4/h2-3,8H,1H3/b4-3-. The number of rotatable bonds is 1. The Kier molecular flexibility index (Phi) is 2.14. The number of carbonyl (C=O) groups is 2. The van der Waals surface area contributed by atoms with E-state index in [9.17, 15) is 9.59 Å². The molecule has 0 atom stereocenters. The lowest BCUT2D eigenvalue weighted by molar-refractivity contribution is -0.136. The van der Waals surface area contributed by atoms with E-state index in [0.29, 0.717) is 0 Å². The molecule has 0 aliphatic carbocycles. The third-order valence-electron chi connectivity index (χ3n) is 1.16. The Morgan fingerprint density at radius 1 is 1.75 bits per heavy atom. The van der Waals surface area contributed by atoms with Crippen molar-refractivity contribution in [3.05, 3.63) is 23.7 Å². The van der Waals surface area contributed by atoms with Crippen molar-refractivity contribution in [1.82, 2.24) is 0 Å². The first-order chi connectivity index (χ1) is 5.63. The van der Waals surface area contributed by atoms with E-state index in [0.717, 1.165) is 12.2 Å². The van der Waals surface area contributed by atoms with E-state index in [4.69, 9.17) is 5.11 Å². The number of carbonyl (C=O) groups excluding carboxylic acids is 2. The van der Waals surface area contributed by atoms with Crippen LogP contribution in [0.4, 0.5) is 0 Å². The third kappa shape index (κ3) is 1.63. The van der Waals surface area contributed by atoms with Crippen molar-refractivity contribution >= 4 is 11.9 Å². The van der Waals surface area contributed by atoms with E-state index in [2.05, 4.69) is 9.47 Å². The van der Waals surface area contributed by atoms with Crippen LogP contribution >= 0.6 is 0 Å². The second kappa shape index (κ2) is 3.08. The average molecular weight is 170 g/mol. The number of hydrogen-bond donors (Lipinski definition) is 1. The molecule has 5 nitrogen and oxygen atoms in total. The van der Waals surface area contributed by atoms with E-state index in [1.807, 2.05) is 0 Å². The zero-order valence-corrected chi connectivity index (χ0v) is 6.23. The molecule has 0 amide bonds. The first-order valence-electron chi connectivity index (χ1n) is 3.06. The topological polar surface area (TPSA) is 72.8 Å². The summed E-state index contributed by atoms with van der Waals surface area (Å²) in [5.74, 6) is -2.07. The molecule has 0 fully saturated rings. The molecule has 1 aliphatic heterocycles. The normalized spacial score (nSPS) is 18.9. The Balaban J connectivity index is 2.75. The summed E-state index contributed by atoms with van der Waals surface area (Å²) in [6, 6.07) is 0. The van der Waals surface area contributed by atoms with E-state index in [1.54, 1.807) is 0 Å². The molecule has 1 heterocycles. The summed E-state index contributed by atoms with van der Waals surface area (Å²) < 4.78 is 8.69. The van der Waals surface area contributed by atoms with Crippen molar-refractivity contribution in [2.75, 3.05) is 7.11 Å². The summed E-state index contributed by atoms with van der Waals surface area (Å²) in [6.45, 7) is 0. The average Bonchev–Trinajstić information content (AvgIpc) is 2.31. The van der Waals surface area contributed by atoms with Crippen LogP contribution in [-0.4, -0.2) is 24.2 Å². The van der Waals surface area contributed by atoms with Crippen LogP contribution in [0.2, 0.25) is 0 Å². The number of esters is 2. The van der Waals surface area contributed by atoms with Gasteiger partial charge in [-0.1, -0.05) is 0 Å². The highest BCUT2D eigenvalue weighted by Crippen LogP contribution is 2.14. The minimum atomic E-state index is -0.870. The predicted molar refractivity (Wildman–Crippen MR) is 36.9 cm³/mol. The molecule has 0 aromatic carbocycles. The summed E-state index contributed by atoms with van der Waals surface area (Å²) in [5.41, 5.74) is 0. The Morgan fingerprint density at radius 3 is 2.83 bits per heavy atom. The highest BCUT2D eigenvalue weighted by atomic mass is 16.6. The van der Waals surface area contributed by atoms with Gasteiger partial charge in [-0.25, -0.2) is 9.59 Å². The minimum Gasteiger partial charge on any atom is -0.502 e. The van der Waals surface area contributed by atoms with Gasteiger partial charge in [0.2, 0.25) is 5.76 Å². The van der Waals surface area contributed by atoms with E-state index in [1.165, 1.54) is 7.11 Å². The summed E-state index contributed by atoms with van der Waals surface area (Å²) in [7, 11) is 1.19. The number of methoxy groups -OCH3 is 1. The van der Waals surface area contributed by atoms with Crippen molar-refractivity contribution in [3.8, 4) is 0 Å². The Bertz CT molecular complexity index is 286. The van der Waals surface area contributed by atoms with E-state index < -0.39 is 17.7 Å². The smallest absolute Gasteiger partial charge is 0.378 e. The number of aliphatic hydroxyl groups is 1. The molecule has 1 aliphatic rings. The quantitative estimate of drug-likeness (QED) is 0.444. The van der Waals surface area contributed by atoms with Gasteiger partial charge in [-0.05, 0) is 0 Å². The van der Waals surface area contributed by atoms with Gasteiger partial charge in [0.15, 0.2) is 0 Å². The van der Waals surface area contributed by atoms with Gasteiger partial charge in [-0.15, -0.1) is 0 Å². The summed E-state index contributed by atoms with van der Waals surface area (Å²) >= 11 is 0. The molecule has 0 unspecified atom stereocenters. The fourth-order valence-electron chi connectivity index (χ4n) is 0.629. The summed E-state index contributed by atoms with van der Waals surface area (Å²) in [4.78, 5) is 21.1. The van der Waals surface area contributed by atoms with Crippen molar-refractivity contribution < 1.29 is 24.2 Å². The lowest BCUT2D eigenvalue weighted by Gasteiger charge is -1.93. The molecule has 64 valence electrons. The van der Waals surface area contributed by atoms with Gasteiger partial charge in [0.05, 0.1) is 13.2 Å². The van der Waals surface area contributed by atoms with Crippen molar-refractivity contribution in [1.29, 1.82) is 0 Å². The number of ether oxygens (including phenoxy) is 2. The molecule has 0 saturated carbocycles. The van der Waals surface area contributed by atoms with Crippen LogP contribution < -0.4 is 0 Å². The van der Waals surface area contributed by atoms with Gasteiger partial charge in [0.1, 0.15) is 5.76 Å². The van der Waals surface area contributed by atoms with Crippen LogP contribution in [-0.2, 0) is 19.1 Å². The van der Waals surface area contributed by atoms with Crippen LogP contribution in [0, 0.1) is 0 Å². The SMILES string of the molecule is COC(=O)/C=C1/C=C(O)C(=O)O1. The van der Waals surface area contributed by atoms with Crippen molar-refractivity contribution in [2.24, 2.45) is 0 Å². The molecule has 0 spiro atoms. The van der Waals surface area contributed by atoms with E-state index >= 15 is 0 Å². The first-order valence-corrected chi connectivity index (χ1v) is 3.06. The Labute approximate surface area is 67.9 Å². The van der Waals surface area contributed by atoms with Crippen LogP contribution in [0.15, 0.2) is 23.7 Å². The van der Waals surface area contributed by atoms with Gasteiger partial charge >= 0.3 is 11.9 Å². The number of cyclic esters (lactones) is 1. The fraction of sp³-hybridized carbons (Fsp3) is 0.143. The van der Waals surface area contributed by atoms with E-state index in [-0.39, 0.29) is 5.76 Å². The maximum Gasteiger partial charge on any atom is 0.378 e. The maximum atomic E-state index is 10.6. The number of allylic oxidation sites excluding steroid dienone is 1. The molecule has 0 radical (unpaired) electrons. The van der Waals surface area contributed by atoms with Gasteiger partial charge in [-0.2, -0.15) is 0 Å². The zero-order valence-electron chi connectivity index (χ0n) is 6.23. The Morgan fingerprint density at radius 2 is 2.42 bits per heavy atom. The fourth-order valence-corrected chi connectivity index (χ4v) is 0.629. The summed E-state index contributed by atoms with van der Waals surface area (Å²) in [6.07, 6.45) is 2.00. The molecule has 1 N–H and O–H groups in total. The molecule has 0 saturated heterocycles. The van der Waals surface area contributed by atoms with Crippen LogP contribution in [0.5, 0.6) is 0 Å². The van der Waals surface area contributed by atoms with Crippen molar-refractivity contribution in [2.45, 2.75) is 0 Å². The lowest BCUT2D eigenvalue weighted by atomic mass is 10.4. The second-order valence-electron chi connectivity index (χ2n) is 1.99. The Hall–Kier alpha value is -1.78.